The Kier molecular flexibility index (Phi) is 5.32. The second kappa shape index (κ2) is 8.21. The number of imide groups is 1. The molecule has 4 rings (SSSR count). The topological polar surface area (TPSA) is 70.4 Å². The van der Waals surface area contributed by atoms with E-state index in [1.54, 1.807) is 24.3 Å². The fraction of sp³-hybridized carbons (Fsp3) is 0.0870. The van der Waals surface area contributed by atoms with Crippen molar-refractivity contribution >= 4 is 39.8 Å². The third-order valence-electron chi connectivity index (χ3n) is 4.53. The number of hydrogen-bond acceptors (Lipinski definition) is 5. The SMILES string of the molecule is N#CCOc1ccccc1/C=C1\SC(=O)N(Cc2ccc3ccccc3c2)C1=O. The second-order valence-corrected chi connectivity index (χ2v) is 7.43. The fourth-order valence-electron chi connectivity index (χ4n) is 3.14. The van der Waals surface area contributed by atoms with E-state index < -0.39 is 0 Å². The Hall–Kier alpha value is -3.56. The van der Waals surface area contributed by atoms with Gasteiger partial charge in [0.15, 0.2) is 6.61 Å². The summed E-state index contributed by atoms with van der Waals surface area (Å²) in [6.07, 6.45) is 1.64. The van der Waals surface area contributed by atoms with Crippen LogP contribution in [0.4, 0.5) is 4.79 Å². The van der Waals surface area contributed by atoms with Crippen molar-refractivity contribution in [3.8, 4) is 11.8 Å². The lowest BCUT2D eigenvalue weighted by Crippen LogP contribution is -2.27. The van der Waals surface area contributed by atoms with Gasteiger partial charge in [0.1, 0.15) is 11.8 Å². The summed E-state index contributed by atoms with van der Waals surface area (Å²) in [5, 5.41) is 10.6. The monoisotopic (exact) mass is 400 g/mol. The van der Waals surface area contributed by atoms with Crippen LogP contribution in [0.2, 0.25) is 0 Å². The Balaban J connectivity index is 1.57. The Morgan fingerprint density at radius 3 is 2.59 bits per heavy atom. The third kappa shape index (κ3) is 4.00. The number of thioether (sulfide) groups is 1. The maximum atomic E-state index is 12.8. The molecule has 1 saturated heterocycles. The molecule has 1 heterocycles. The molecule has 0 atom stereocenters. The Bertz CT molecular complexity index is 1180. The van der Waals surface area contributed by atoms with Crippen molar-refractivity contribution < 1.29 is 14.3 Å². The lowest BCUT2D eigenvalue weighted by molar-refractivity contribution is -0.123. The summed E-state index contributed by atoms with van der Waals surface area (Å²) in [7, 11) is 0. The molecule has 3 aromatic carbocycles. The zero-order chi connectivity index (χ0) is 20.2. The first-order valence-corrected chi connectivity index (χ1v) is 9.79. The van der Waals surface area contributed by atoms with Crippen molar-refractivity contribution in [1.82, 2.24) is 4.90 Å². The first-order valence-electron chi connectivity index (χ1n) is 8.97. The summed E-state index contributed by atoms with van der Waals surface area (Å²) in [5.41, 5.74) is 1.55. The molecule has 0 aromatic heterocycles. The summed E-state index contributed by atoms with van der Waals surface area (Å²) >= 11 is 0.910. The highest BCUT2D eigenvalue weighted by Gasteiger charge is 2.35. The number of para-hydroxylation sites is 1. The van der Waals surface area contributed by atoms with Crippen LogP contribution >= 0.6 is 11.8 Å². The van der Waals surface area contributed by atoms with Crippen LogP contribution in [0.15, 0.2) is 71.6 Å². The van der Waals surface area contributed by atoms with E-state index in [-0.39, 0.29) is 24.3 Å². The molecule has 0 unspecified atom stereocenters. The number of carbonyl (C=O) groups is 2. The van der Waals surface area contributed by atoms with Gasteiger partial charge in [-0.2, -0.15) is 5.26 Å². The smallest absolute Gasteiger partial charge is 0.293 e. The van der Waals surface area contributed by atoms with Gasteiger partial charge in [0.25, 0.3) is 11.1 Å². The van der Waals surface area contributed by atoms with Crippen LogP contribution in [0.5, 0.6) is 5.75 Å². The van der Waals surface area contributed by atoms with E-state index in [0.29, 0.717) is 16.2 Å². The molecule has 1 aliphatic heterocycles. The number of hydrogen-bond donors (Lipinski definition) is 0. The van der Waals surface area contributed by atoms with E-state index in [1.807, 2.05) is 54.6 Å². The van der Waals surface area contributed by atoms with E-state index in [1.165, 1.54) is 4.90 Å². The minimum atomic E-state index is -0.330. The van der Waals surface area contributed by atoms with Gasteiger partial charge in [-0.1, -0.05) is 54.6 Å². The van der Waals surface area contributed by atoms with Crippen LogP contribution in [0.1, 0.15) is 11.1 Å². The molecule has 6 heteroatoms. The Labute approximate surface area is 172 Å². The van der Waals surface area contributed by atoms with Crippen molar-refractivity contribution in [3.63, 3.8) is 0 Å². The quantitative estimate of drug-likeness (QED) is 0.565. The zero-order valence-electron chi connectivity index (χ0n) is 15.4. The minimum absolute atomic E-state index is 0.0890. The molecular formula is C23H16N2O3S. The number of nitrogens with zero attached hydrogens (tertiary/aromatic N) is 2. The number of rotatable bonds is 5. The molecule has 5 nitrogen and oxygen atoms in total. The largest absolute Gasteiger partial charge is 0.478 e. The number of amides is 2. The third-order valence-corrected chi connectivity index (χ3v) is 5.43. The van der Waals surface area contributed by atoms with Crippen molar-refractivity contribution in [1.29, 1.82) is 5.26 Å². The zero-order valence-corrected chi connectivity index (χ0v) is 16.2. The lowest BCUT2D eigenvalue weighted by atomic mass is 10.1. The average molecular weight is 400 g/mol. The minimum Gasteiger partial charge on any atom is -0.478 e. The van der Waals surface area contributed by atoms with Gasteiger partial charge >= 0.3 is 0 Å². The molecule has 0 radical (unpaired) electrons. The van der Waals surface area contributed by atoms with Gasteiger partial charge in [-0.25, -0.2) is 0 Å². The number of nitriles is 1. The molecular weight excluding hydrogens is 384 g/mol. The van der Waals surface area contributed by atoms with Crippen molar-refractivity contribution in [2.75, 3.05) is 6.61 Å². The van der Waals surface area contributed by atoms with Crippen molar-refractivity contribution in [2.45, 2.75) is 6.54 Å². The first kappa shape index (κ1) is 18.8. The average Bonchev–Trinajstić information content (AvgIpc) is 3.00. The predicted octanol–water partition coefficient (Wildman–Crippen LogP) is 4.98. The van der Waals surface area contributed by atoms with E-state index in [9.17, 15) is 9.59 Å². The maximum absolute atomic E-state index is 12.8. The number of benzene rings is 3. The van der Waals surface area contributed by atoms with E-state index in [2.05, 4.69) is 0 Å². The van der Waals surface area contributed by atoms with Gasteiger partial charge in [-0.3, -0.25) is 14.5 Å². The van der Waals surface area contributed by atoms with Gasteiger partial charge in [0.2, 0.25) is 0 Å². The van der Waals surface area contributed by atoms with E-state index >= 15 is 0 Å². The molecule has 1 aliphatic rings. The van der Waals surface area contributed by atoms with Gasteiger partial charge in [0, 0.05) is 5.56 Å². The Morgan fingerprint density at radius 2 is 1.76 bits per heavy atom. The molecule has 0 N–H and O–H groups in total. The summed E-state index contributed by atoms with van der Waals surface area (Å²) in [6.45, 7) is 0.133. The van der Waals surface area contributed by atoms with Crippen LogP contribution in [0, 0.1) is 11.3 Å². The maximum Gasteiger partial charge on any atom is 0.293 e. The standard InChI is InChI=1S/C23H16N2O3S/c24-11-12-28-20-8-4-3-7-19(20)14-21-22(26)25(23(27)29-21)15-16-9-10-17-5-1-2-6-18(17)13-16/h1-10,13-14H,12,15H2/b21-14-. The fourth-order valence-corrected chi connectivity index (χ4v) is 3.97. The normalized spacial score (nSPS) is 15.1. The summed E-state index contributed by atoms with van der Waals surface area (Å²) in [6, 6.07) is 22.9. The molecule has 0 saturated carbocycles. The van der Waals surface area contributed by atoms with Crippen LogP contribution in [0.3, 0.4) is 0 Å². The molecule has 29 heavy (non-hydrogen) atoms. The van der Waals surface area contributed by atoms with E-state index in [4.69, 9.17) is 10.00 Å². The van der Waals surface area contributed by atoms with Crippen molar-refractivity contribution in [2.24, 2.45) is 0 Å². The summed E-state index contributed by atoms with van der Waals surface area (Å²) in [4.78, 5) is 26.9. The number of ether oxygens (including phenoxy) is 1. The highest BCUT2D eigenvalue weighted by atomic mass is 32.2. The predicted molar refractivity (Wildman–Crippen MR) is 113 cm³/mol. The van der Waals surface area contributed by atoms with Gasteiger partial charge in [-0.15, -0.1) is 0 Å². The Morgan fingerprint density at radius 1 is 1.00 bits per heavy atom. The van der Waals surface area contributed by atoms with Crippen LogP contribution in [0.25, 0.3) is 16.8 Å². The van der Waals surface area contributed by atoms with Crippen LogP contribution < -0.4 is 4.74 Å². The number of carbonyl (C=O) groups excluding carboxylic acids is 2. The van der Waals surface area contributed by atoms with E-state index in [0.717, 1.165) is 28.1 Å². The van der Waals surface area contributed by atoms with Gasteiger partial charge in [-0.05, 0) is 46.3 Å². The molecule has 3 aromatic rings. The molecule has 1 fully saturated rings. The van der Waals surface area contributed by atoms with Crippen molar-refractivity contribution in [3.05, 3.63) is 82.8 Å². The molecule has 142 valence electrons. The molecule has 0 spiro atoms. The first-order chi connectivity index (χ1) is 14.2. The highest BCUT2D eigenvalue weighted by molar-refractivity contribution is 8.18. The number of fused-ring (bicyclic) bond motifs is 1. The summed E-state index contributed by atoms with van der Waals surface area (Å²) < 4.78 is 5.40. The van der Waals surface area contributed by atoms with Crippen LogP contribution in [-0.2, 0) is 11.3 Å². The second-order valence-electron chi connectivity index (χ2n) is 6.43. The van der Waals surface area contributed by atoms with Gasteiger partial charge < -0.3 is 4.74 Å². The van der Waals surface area contributed by atoms with Gasteiger partial charge in [0.05, 0.1) is 11.4 Å². The van der Waals surface area contributed by atoms with Crippen LogP contribution in [-0.4, -0.2) is 22.7 Å². The summed E-state index contributed by atoms with van der Waals surface area (Å²) in [5.74, 6) is 0.165. The lowest BCUT2D eigenvalue weighted by Gasteiger charge is -2.13. The highest BCUT2D eigenvalue weighted by Crippen LogP contribution is 2.35. The molecule has 2 amide bonds. The molecule has 0 bridgehead atoms. The molecule has 0 aliphatic carbocycles.